The SMILES string of the molecule is CNC1CCC(C(C)C)CC1N1CCC2CCCCC21. The summed E-state index contributed by atoms with van der Waals surface area (Å²) in [6.07, 6.45) is 11.7. The van der Waals surface area contributed by atoms with E-state index in [0.29, 0.717) is 0 Å². The molecule has 2 heteroatoms. The fourth-order valence-corrected chi connectivity index (χ4v) is 5.34. The Morgan fingerprint density at radius 2 is 1.75 bits per heavy atom. The number of fused-ring (bicyclic) bond motifs is 1. The van der Waals surface area contributed by atoms with E-state index in [9.17, 15) is 0 Å². The second-order valence-electron chi connectivity index (χ2n) is 7.92. The average Bonchev–Trinajstić information content (AvgIpc) is 2.90. The Kier molecular flexibility index (Phi) is 4.72. The zero-order valence-corrected chi connectivity index (χ0v) is 13.8. The third-order valence-electron chi connectivity index (χ3n) is 6.65. The van der Waals surface area contributed by atoms with Gasteiger partial charge < -0.3 is 5.32 Å². The summed E-state index contributed by atoms with van der Waals surface area (Å²) in [5, 5.41) is 3.64. The molecule has 2 nitrogen and oxygen atoms in total. The van der Waals surface area contributed by atoms with Crippen molar-refractivity contribution in [1.82, 2.24) is 10.2 Å². The molecule has 3 aliphatic rings. The van der Waals surface area contributed by atoms with E-state index in [4.69, 9.17) is 0 Å². The summed E-state index contributed by atoms with van der Waals surface area (Å²) in [6.45, 7) is 6.23. The third kappa shape index (κ3) is 2.78. The van der Waals surface area contributed by atoms with Crippen LogP contribution in [-0.4, -0.2) is 36.6 Å². The minimum atomic E-state index is 0.741. The van der Waals surface area contributed by atoms with Crippen LogP contribution in [0.3, 0.4) is 0 Å². The minimum Gasteiger partial charge on any atom is -0.315 e. The van der Waals surface area contributed by atoms with Crippen LogP contribution in [0.4, 0.5) is 0 Å². The molecule has 3 fully saturated rings. The van der Waals surface area contributed by atoms with Crippen LogP contribution in [0.15, 0.2) is 0 Å². The summed E-state index contributed by atoms with van der Waals surface area (Å²) in [4.78, 5) is 2.94. The summed E-state index contributed by atoms with van der Waals surface area (Å²) in [5.41, 5.74) is 0. The molecule has 1 N–H and O–H groups in total. The fourth-order valence-electron chi connectivity index (χ4n) is 5.34. The minimum absolute atomic E-state index is 0.741. The van der Waals surface area contributed by atoms with E-state index in [1.165, 1.54) is 57.9 Å². The summed E-state index contributed by atoms with van der Waals surface area (Å²) < 4.78 is 0. The maximum atomic E-state index is 3.64. The number of rotatable bonds is 3. The van der Waals surface area contributed by atoms with Crippen LogP contribution < -0.4 is 5.32 Å². The summed E-state index contributed by atoms with van der Waals surface area (Å²) >= 11 is 0. The summed E-state index contributed by atoms with van der Waals surface area (Å²) in [5.74, 6) is 2.84. The normalized spacial score (nSPS) is 42.9. The molecule has 1 heterocycles. The van der Waals surface area contributed by atoms with Crippen LogP contribution >= 0.6 is 0 Å². The van der Waals surface area contributed by atoms with E-state index in [1.54, 1.807) is 0 Å². The maximum Gasteiger partial charge on any atom is 0.0255 e. The molecule has 116 valence electrons. The van der Waals surface area contributed by atoms with Crippen molar-refractivity contribution in [3.63, 3.8) is 0 Å². The zero-order chi connectivity index (χ0) is 14.1. The molecule has 3 rings (SSSR count). The predicted octanol–water partition coefficient (Wildman–Crippen LogP) is 3.66. The van der Waals surface area contributed by atoms with Gasteiger partial charge in [0.15, 0.2) is 0 Å². The fraction of sp³-hybridized carbons (Fsp3) is 1.00. The third-order valence-corrected chi connectivity index (χ3v) is 6.65. The number of likely N-dealkylation sites (tertiary alicyclic amines) is 1. The summed E-state index contributed by atoms with van der Waals surface area (Å²) in [6, 6.07) is 2.48. The molecular weight excluding hydrogens is 244 g/mol. The molecule has 0 aromatic rings. The van der Waals surface area contributed by atoms with Gasteiger partial charge in [-0.25, -0.2) is 0 Å². The van der Waals surface area contributed by atoms with E-state index in [-0.39, 0.29) is 0 Å². The highest BCUT2D eigenvalue weighted by Gasteiger charge is 2.43. The van der Waals surface area contributed by atoms with Gasteiger partial charge in [0.05, 0.1) is 0 Å². The molecule has 0 aromatic heterocycles. The van der Waals surface area contributed by atoms with Crippen molar-refractivity contribution in [3.05, 3.63) is 0 Å². The molecule has 20 heavy (non-hydrogen) atoms. The molecule has 5 atom stereocenters. The van der Waals surface area contributed by atoms with E-state index < -0.39 is 0 Å². The first-order chi connectivity index (χ1) is 9.70. The van der Waals surface area contributed by atoms with E-state index in [2.05, 4.69) is 31.1 Å². The van der Waals surface area contributed by atoms with Gasteiger partial charge in [-0.05, 0) is 69.9 Å². The second kappa shape index (κ2) is 6.36. The first kappa shape index (κ1) is 14.8. The second-order valence-corrected chi connectivity index (χ2v) is 7.92. The van der Waals surface area contributed by atoms with E-state index >= 15 is 0 Å². The van der Waals surface area contributed by atoms with Crippen molar-refractivity contribution in [2.24, 2.45) is 17.8 Å². The predicted molar refractivity (Wildman–Crippen MR) is 85.9 cm³/mol. The lowest BCUT2D eigenvalue weighted by Gasteiger charge is -2.46. The number of likely N-dealkylation sites (N-methyl/N-ethyl adjacent to an activating group) is 1. The standard InChI is InChI=1S/C18H34N2/c1-13(2)15-8-9-16(19-3)18(12-15)20-11-10-14-6-4-5-7-17(14)20/h13-19H,4-12H2,1-3H3. The van der Waals surface area contributed by atoms with E-state index in [1.807, 2.05) is 0 Å². The van der Waals surface area contributed by atoms with Crippen LogP contribution in [-0.2, 0) is 0 Å². The van der Waals surface area contributed by atoms with E-state index in [0.717, 1.165) is 35.9 Å². The Hall–Kier alpha value is -0.0800. The van der Waals surface area contributed by atoms with Crippen LogP contribution in [0.2, 0.25) is 0 Å². The van der Waals surface area contributed by atoms with Crippen molar-refractivity contribution in [3.8, 4) is 0 Å². The van der Waals surface area contributed by atoms with Crippen LogP contribution in [0.25, 0.3) is 0 Å². The quantitative estimate of drug-likeness (QED) is 0.847. The molecule has 0 amide bonds. The maximum absolute atomic E-state index is 3.64. The summed E-state index contributed by atoms with van der Waals surface area (Å²) in [7, 11) is 2.18. The Morgan fingerprint density at radius 3 is 2.50 bits per heavy atom. The van der Waals surface area contributed by atoms with Gasteiger partial charge in [-0.1, -0.05) is 26.7 Å². The molecule has 0 aromatic carbocycles. The molecule has 5 unspecified atom stereocenters. The van der Waals surface area contributed by atoms with Gasteiger partial charge in [-0.3, -0.25) is 4.90 Å². The van der Waals surface area contributed by atoms with Crippen LogP contribution in [0, 0.1) is 17.8 Å². The topological polar surface area (TPSA) is 15.3 Å². The highest BCUT2D eigenvalue weighted by Crippen LogP contribution is 2.41. The van der Waals surface area contributed by atoms with Crippen molar-refractivity contribution in [2.45, 2.75) is 83.3 Å². The first-order valence-corrected chi connectivity index (χ1v) is 9.13. The van der Waals surface area contributed by atoms with Crippen molar-refractivity contribution >= 4 is 0 Å². The number of hydrogen-bond donors (Lipinski definition) is 1. The van der Waals surface area contributed by atoms with Gasteiger partial charge >= 0.3 is 0 Å². The smallest absolute Gasteiger partial charge is 0.0255 e. The molecule has 1 saturated heterocycles. The highest BCUT2D eigenvalue weighted by atomic mass is 15.2. The number of hydrogen-bond acceptors (Lipinski definition) is 2. The van der Waals surface area contributed by atoms with Crippen LogP contribution in [0.5, 0.6) is 0 Å². The van der Waals surface area contributed by atoms with Gasteiger partial charge in [0.25, 0.3) is 0 Å². The molecule has 0 radical (unpaired) electrons. The van der Waals surface area contributed by atoms with Crippen molar-refractivity contribution < 1.29 is 0 Å². The van der Waals surface area contributed by atoms with Gasteiger partial charge in [0.2, 0.25) is 0 Å². The largest absolute Gasteiger partial charge is 0.315 e. The average molecular weight is 278 g/mol. The lowest BCUT2D eigenvalue weighted by Crippen LogP contribution is -2.55. The van der Waals surface area contributed by atoms with Crippen molar-refractivity contribution in [1.29, 1.82) is 0 Å². The zero-order valence-electron chi connectivity index (χ0n) is 13.8. The van der Waals surface area contributed by atoms with Crippen LogP contribution in [0.1, 0.15) is 65.2 Å². The van der Waals surface area contributed by atoms with Gasteiger partial charge in [0.1, 0.15) is 0 Å². The lowest BCUT2D eigenvalue weighted by molar-refractivity contribution is 0.0575. The number of nitrogens with one attached hydrogen (secondary N) is 1. The Morgan fingerprint density at radius 1 is 0.950 bits per heavy atom. The molecule has 0 bridgehead atoms. The monoisotopic (exact) mass is 278 g/mol. The Labute approximate surface area is 125 Å². The number of nitrogens with zero attached hydrogens (tertiary/aromatic N) is 1. The van der Waals surface area contributed by atoms with Gasteiger partial charge in [-0.15, -0.1) is 0 Å². The molecular formula is C18H34N2. The van der Waals surface area contributed by atoms with Crippen molar-refractivity contribution in [2.75, 3.05) is 13.6 Å². The highest BCUT2D eigenvalue weighted by molar-refractivity contribution is 4.99. The Bertz CT molecular complexity index is 315. The lowest BCUT2D eigenvalue weighted by atomic mass is 9.75. The van der Waals surface area contributed by atoms with Gasteiger partial charge in [0, 0.05) is 18.1 Å². The molecule has 2 saturated carbocycles. The van der Waals surface area contributed by atoms with Gasteiger partial charge in [-0.2, -0.15) is 0 Å². The molecule has 1 aliphatic heterocycles. The molecule has 0 spiro atoms. The first-order valence-electron chi connectivity index (χ1n) is 9.13. The Balaban J connectivity index is 1.71. The molecule has 2 aliphatic carbocycles.